The first kappa shape index (κ1) is 17.2. The summed E-state index contributed by atoms with van der Waals surface area (Å²) in [4.78, 5) is 15.7. The Bertz CT molecular complexity index is 490. The van der Waals surface area contributed by atoms with Crippen molar-refractivity contribution in [1.82, 2.24) is 4.90 Å². The van der Waals surface area contributed by atoms with Crippen LogP contribution in [0.4, 0.5) is 0 Å². The van der Waals surface area contributed by atoms with Crippen LogP contribution in [-0.4, -0.2) is 42.3 Å². The monoisotopic (exact) mass is 322 g/mol. The highest BCUT2D eigenvalue weighted by Gasteiger charge is 2.28. The zero-order valence-electron chi connectivity index (χ0n) is 13.6. The lowest BCUT2D eigenvalue weighted by atomic mass is 9.92. The molecule has 1 aliphatic heterocycles. The van der Waals surface area contributed by atoms with Gasteiger partial charge in [-0.2, -0.15) is 0 Å². The highest BCUT2D eigenvalue weighted by Crippen LogP contribution is 2.28. The fourth-order valence-electron chi connectivity index (χ4n) is 2.81. The summed E-state index contributed by atoms with van der Waals surface area (Å²) in [6.45, 7) is 5.67. The Balaban J connectivity index is 1.93. The molecular formula is C17H26N2O2S. The van der Waals surface area contributed by atoms with Gasteiger partial charge in [0.05, 0.1) is 12.4 Å². The molecular weight excluding hydrogens is 296 g/mol. The van der Waals surface area contributed by atoms with Crippen molar-refractivity contribution in [3.63, 3.8) is 0 Å². The molecule has 1 amide bonds. The van der Waals surface area contributed by atoms with Crippen LogP contribution in [-0.2, 0) is 4.79 Å². The van der Waals surface area contributed by atoms with Gasteiger partial charge in [-0.1, -0.05) is 0 Å². The number of amides is 1. The van der Waals surface area contributed by atoms with Crippen LogP contribution >= 0.6 is 11.8 Å². The van der Waals surface area contributed by atoms with E-state index in [9.17, 15) is 4.79 Å². The Morgan fingerprint density at radius 1 is 1.36 bits per heavy atom. The molecule has 0 saturated carbocycles. The van der Waals surface area contributed by atoms with Crippen molar-refractivity contribution in [2.45, 2.75) is 42.9 Å². The van der Waals surface area contributed by atoms with Gasteiger partial charge in [0, 0.05) is 24.0 Å². The summed E-state index contributed by atoms with van der Waals surface area (Å²) in [5, 5.41) is -0.0831. The largest absolute Gasteiger partial charge is 0.497 e. The van der Waals surface area contributed by atoms with Crippen molar-refractivity contribution < 1.29 is 9.53 Å². The quantitative estimate of drug-likeness (QED) is 0.847. The minimum absolute atomic E-state index is 0.0831. The lowest BCUT2D eigenvalue weighted by Gasteiger charge is -2.35. The molecule has 1 fully saturated rings. The first-order chi connectivity index (χ1) is 10.5. The van der Waals surface area contributed by atoms with Gasteiger partial charge in [-0.25, -0.2) is 0 Å². The van der Waals surface area contributed by atoms with Gasteiger partial charge in [-0.05, 0) is 56.9 Å². The number of hydrogen-bond acceptors (Lipinski definition) is 4. The molecule has 2 N–H and O–H groups in total. The molecule has 0 bridgehead atoms. The van der Waals surface area contributed by atoms with Crippen molar-refractivity contribution in [2.75, 3.05) is 20.2 Å². The number of nitrogens with zero attached hydrogens (tertiary/aromatic N) is 1. The molecule has 122 valence electrons. The number of carbonyl (C=O) groups excluding carboxylic acids is 1. The third-order valence-electron chi connectivity index (χ3n) is 4.23. The first-order valence-electron chi connectivity index (χ1n) is 7.86. The van der Waals surface area contributed by atoms with E-state index in [4.69, 9.17) is 10.5 Å². The summed E-state index contributed by atoms with van der Waals surface area (Å²) in [6.07, 6.45) is 2.18. The Morgan fingerprint density at radius 3 is 2.64 bits per heavy atom. The average molecular weight is 322 g/mol. The SMILES string of the molecule is COc1ccc(SC(C)C(=O)N2CCCC(C(C)N)C2)cc1. The van der Waals surface area contributed by atoms with Crippen molar-refractivity contribution >= 4 is 17.7 Å². The van der Waals surface area contributed by atoms with Crippen LogP contribution in [0.3, 0.4) is 0 Å². The zero-order chi connectivity index (χ0) is 16.1. The number of rotatable bonds is 5. The third-order valence-corrected chi connectivity index (χ3v) is 5.33. The van der Waals surface area contributed by atoms with Crippen LogP contribution in [0.25, 0.3) is 0 Å². The predicted octanol–water partition coefficient (Wildman–Crippen LogP) is 2.76. The predicted molar refractivity (Wildman–Crippen MR) is 91.3 cm³/mol. The number of methoxy groups -OCH3 is 1. The van der Waals surface area contributed by atoms with E-state index in [2.05, 4.69) is 0 Å². The van der Waals surface area contributed by atoms with Crippen molar-refractivity contribution in [3.05, 3.63) is 24.3 Å². The molecule has 5 heteroatoms. The van der Waals surface area contributed by atoms with Gasteiger partial charge in [0.1, 0.15) is 5.75 Å². The molecule has 3 unspecified atom stereocenters. The number of carbonyl (C=O) groups is 1. The highest BCUT2D eigenvalue weighted by molar-refractivity contribution is 8.00. The lowest BCUT2D eigenvalue weighted by Crippen LogP contribution is -2.47. The number of nitrogens with two attached hydrogens (primary N) is 1. The highest BCUT2D eigenvalue weighted by atomic mass is 32.2. The molecule has 0 aromatic heterocycles. The van der Waals surface area contributed by atoms with Gasteiger partial charge in [-0.3, -0.25) is 4.79 Å². The molecule has 1 aromatic rings. The van der Waals surface area contributed by atoms with Crippen LogP contribution in [0.15, 0.2) is 29.2 Å². The molecule has 1 aromatic carbocycles. The molecule has 2 rings (SSSR count). The summed E-state index contributed by atoms with van der Waals surface area (Å²) in [5.74, 6) is 1.47. The molecule has 0 radical (unpaired) electrons. The van der Waals surface area contributed by atoms with Crippen LogP contribution in [0, 0.1) is 5.92 Å². The van der Waals surface area contributed by atoms with Gasteiger partial charge in [-0.15, -0.1) is 11.8 Å². The van der Waals surface area contributed by atoms with Crippen molar-refractivity contribution in [1.29, 1.82) is 0 Å². The second-order valence-electron chi connectivity index (χ2n) is 5.98. The summed E-state index contributed by atoms with van der Waals surface area (Å²) in [6, 6.07) is 7.99. The second kappa shape index (κ2) is 7.88. The van der Waals surface area contributed by atoms with Gasteiger partial charge < -0.3 is 15.4 Å². The average Bonchev–Trinajstić information content (AvgIpc) is 2.54. The maximum atomic E-state index is 12.6. The van der Waals surface area contributed by atoms with E-state index in [1.54, 1.807) is 18.9 Å². The standard InChI is InChI=1S/C17H26N2O2S/c1-12(18)14-5-4-10-19(11-14)17(20)13(2)22-16-8-6-15(21-3)7-9-16/h6-9,12-14H,4-5,10-11,18H2,1-3H3. The maximum absolute atomic E-state index is 12.6. The zero-order valence-corrected chi connectivity index (χ0v) is 14.4. The van der Waals surface area contributed by atoms with Crippen molar-refractivity contribution in [3.8, 4) is 5.75 Å². The van der Waals surface area contributed by atoms with E-state index in [0.717, 1.165) is 36.6 Å². The summed E-state index contributed by atoms with van der Waals surface area (Å²) in [7, 11) is 1.65. The minimum Gasteiger partial charge on any atom is -0.497 e. The number of piperidine rings is 1. The molecule has 1 saturated heterocycles. The Morgan fingerprint density at radius 2 is 2.05 bits per heavy atom. The normalized spacial score (nSPS) is 21.3. The fourth-order valence-corrected chi connectivity index (χ4v) is 3.76. The lowest BCUT2D eigenvalue weighted by molar-refractivity contribution is -0.132. The number of likely N-dealkylation sites (tertiary alicyclic amines) is 1. The van der Waals surface area contributed by atoms with Crippen LogP contribution < -0.4 is 10.5 Å². The topological polar surface area (TPSA) is 55.6 Å². The maximum Gasteiger partial charge on any atom is 0.235 e. The van der Waals surface area contributed by atoms with Gasteiger partial charge in [0.15, 0.2) is 0 Å². The summed E-state index contributed by atoms with van der Waals surface area (Å²) >= 11 is 1.60. The molecule has 1 aliphatic rings. The molecule has 0 spiro atoms. The van der Waals surface area contributed by atoms with Crippen LogP contribution in [0.5, 0.6) is 5.75 Å². The Labute approximate surface area is 137 Å². The molecule has 4 nitrogen and oxygen atoms in total. The number of ether oxygens (including phenoxy) is 1. The van der Waals surface area contributed by atoms with E-state index in [0.29, 0.717) is 5.92 Å². The van der Waals surface area contributed by atoms with Crippen molar-refractivity contribution in [2.24, 2.45) is 11.7 Å². The van der Waals surface area contributed by atoms with E-state index >= 15 is 0 Å². The molecule has 22 heavy (non-hydrogen) atoms. The fraction of sp³-hybridized carbons (Fsp3) is 0.588. The second-order valence-corrected chi connectivity index (χ2v) is 7.40. The molecule has 0 aliphatic carbocycles. The van der Waals surface area contributed by atoms with Crippen LogP contribution in [0.1, 0.15) is 26.7 Å². The molecule has 1 heterocycles. The molecule has 3 atom stereocenters. The van der Waals surface area contributed by atoms with Crippen LogP contribution in [0.2, 0.25) is 0 Å². The number of benzene rings is 1. The van der Waals surface area contributed by atoms with Gasteiger partial charge in [0.2, 0.25) is 5.91 Å². The summed E-state index contributed by atoms with van der Waals surface area (Å²) in [5.41, 5.74) is 6.00. The summed E-state index contributed by atoms with van der Waals surface area (Å²) < 4.78 is 5.15. The number of thioether (sulfide) groups is 1. The van der Waals surface area contributed by atoms with E-state index in [-0.39, 0.29) is 17.2 Å². The smallest absolute Gasteiger partial charge is 0.235 e. The minimum atomic E-state index is -0.0831. The third kappa shape index (κ3) is 4.40. The van der Waals surface area contributed by atoms with E-state index < -0.39 is 0 Å². The number of hydrogen-bond donors (Lipinski definition) is 1. The first-order valence-corrected chi connectivity index (χ1v) is 8.74. The van der Waals surface area contributed by atoms with E-state index in [1.165, 1.54) is 0 Å². The van der Waals surface area contributed by atoms with Gasteiger partial charge in [0.25, 0.3) is 0 Å². The van der Waals surface area contributed by atoms with Gasteiger partial charge >= 0.3 is 0 Å². The Kier molecular flexibility index (Phi) is 6.15. The van der Waals surface area contributed by atoms with E-state index in [1.807, 2.05) is 43.0 Å². The Hall–Kier alpha value is -1.20.